The number of rotatable bonds is 4. The lowest BCUT2D eigenvalue weighted by atomic mass is 10.1. The molecule has 0 radical (unpaired) electrons. The minimum Gasteiger partial charge on any atom is -0.454 e. The number of hydrogen-bond acceptors (Lipinski definition) is 7. The molecule has 1 aliphatic heterocycles. The number of ether oxygens (including phenoxy) is 2. The van der Waals surface area contributed by atoms with Crippen molar-refractivity contribution in [1.29, 1.82) is 0 Å². The maximum absolute atomic E-state index is 12.0. The van der Waals surface area contributed by atoms with Crippen LogP contribution in [-0.2, 0) is 19.5 Å². The van der Waals surface area contributed by atoms with Crippen LogP contribution in [0.3, 0.4) is 0 Å². The Morgan fingerprint density at radius 3 is 2.52 bits per heavy atom. The maximum atomic E-state index is 12.0. The fourth-order valence-corrected chi connectivity index (χ4v) is 2.60. The van der Waals surface area contributed by atoms with Crippen LogP contribution in [0.5, 0.6) is 0 Å². The number of nitrogens with two attached hydrogens (primary N) is 1. The molecule has 1 aromatic carbocycles. The minimum atomic E-state index is -4.20. The second-order valence-electron chi connectivity index (χ2n) is 4.48. The zero-order chi connectivity index (χ0) is 15.8. The van der Waals surface area contributed by atoms with Crippen LogP contribution in [0.2, 0.25) is 0 Å². The van der Waals surface area contributed by atoms with Gasteiger partial charge in [-0.05, 0) is 12.5 Å². The summed E-state index contributed by atoms with van der Waals surface area (Å²) >= 11 is 0. The zero-order valence-corrected chi connectivity index (χ0v) is 11.8. The Balaban J connectivity index is 2.50. The largest absolute Gasteiger partial charge is 0.454 e. The number of esters is 1. The molecule has 0 aromatic heterocycles. The number of nitrogens with zero attached hydrogens (tertiary/aromatic N) is 1. The van der Waals surface area contributed by atoms with Crippen LogP contribution >= 0.6 is 0 Å². The highest BCUT2D eigenvalue weighted by atomic mass is 32.2. The maximum Gasteiger partial charge on any atom is 0.339 e. The Hall–Kier alpha value is -2.04. The van der Waals surface area contributed by atoms with Crippen molar-refractivity contribution in [2.45, 2.75) is 17.9 Å². The summed E-state index contributed by atoms with van der Waals surface area (Å²) in [7, 11) is -4.20. The lowest BCUT2D eigenvalue weighted by Gasteiger charge is -2.25. The van der Waals surface area contributed by atoms with Crippen molar-refractivity contribution < 1.29 is 27.6 Å². The number of hydrogen-bond donors (Lipinski definition) is 1. The minimum absolute atomic E-state index is 0.00772. The molecule has 0 amide bonds. The molecule has 114 valence electrons. The monoisotopic (exact) mass is 316 g/mol. The highest BCUT2D eigenvalue weighted by Gasteiger charge is 2.28. The highest BCUT2D eigenvalue weighted by Crippen LogP contribution is 2.26. The van der Waals surface area contributed by atoms with Gasteiger partial charge in [-0.1, -0.05) is 0 Å². The molecule has 0 atom stereocenters. The molecule has 0 aliphatic carbocycles. The van der Waals surface area contributed by atoms with Crippen LogP contribution in [0, 0.1) is 17.0 Å². The van der Waals surface area contributed by atoms with Gasteiger partial charge in [0, 0.05) is 12.1 Å². The number of sulfonamides is 1. The number of carbonyl (C=O) groups is 1. The Morgan fingerprint density at radius 2 is 2.10 bits per heavy atom. The smallest absolute Gasteiger partial charge is 0.339 e. The second-order valence-corrected chi connectivity index (χ2v) is 6.01. The SMILES string of the molecule is Cc1c(C(=O)OC2COC2)cc([N+](=O)[O-])cc1S(N)(=O)=O. The predicted molar refractivity (Wildman–Crippen MR) is 69.2 cm³/mol. The van der Waals surface area contributed by atoms with Crippen molar-refractivity contribution in [2.75, 3.05) is 13.2 Å². The van der Waals surface area contributed by atoms with E-state index in [0.717, 1.165) is 12.1 Å². The van der Waals surface area contributed by atoms with Crippen molar-refractivity contribution in [3.63, 3.8) is 0 Å². The van der Waals surface area contributed by atoms with Gasteiger partial charge >= 0.3 is 5.97 Å². The molecule has 9 nitrogen and oxygen atoms in total. The van der Waals surface area contributed by atoms with Crippen LogP contribution in [0.1, 0.15) is 15.9 Å². The fraction of sp³-hybridized carbons (Fsp3) is 0.364. The van der Waals surface area contributed by atoms with E-state index in [-0.39, 0.29) is 24.3 Å². The van der Waals surface area contributed by atoms with Gasteiger partial charge in [-0.25, -0.2) is 18.4 Å². The van der Waals surface area contributed by atoms with Crippen LogP contribution in [0.25, 0.3) is 0 Å². The third-order valence-corrected chi connectivity index (χ3v) is 4.00. The molecule has 21 heavy (non-hydrogen) atoms. The average Bonchev–Trinajstić information content (AvgIpc) is 2.32. The van der Waals surface area contributed by atoms with E-state index < -0.39 is 37.6 Å². The first-order valence-electron chi connectivity index (χ1n) is 5.80. The molecule has 0 bridgehead atoms. The summed E-state index contributed by atoms with van der Waals surface area (Å²) in [6.45, 7) is 1.81. The molecule has 2 N–H and O–H groups in total. The van der Waals surface area contributed by atoms with Gasteiger partial charge in [-0.15, -0.1) is 0 Å². The summed E-state index contributed by atoms with van der Waals surface area (Å²) in [5.41, 5.74) is -0.755. The van der Waals surface area contributed by atoms with Gasteiger partial charge in [0.05, 0.1) is 28.6 Å². The molecular formula is C11H12N2O7S. The first-order valence-corrected chi connectivity index (χ1v) is 7.35. The van der Waals surface area contributed by atoms with Gasteiger partial charge in [0.2, 0.25) is 10.0 Å². The van der Waals surface area contributed by atoms with Crippen molar-refractivity contribution in [3.8, 4) is 0 Å². The first kappa shape index (κ1) is 15.4. The van der Waals surface area contributed by atoms with Gasteiger partial charge in [0.25, 0.3) is 5.69 Å². The Kier molecular flexibility index (Phi) is 3.94. The Morgan fingerprint density at radius 1 is 1.48 bits per heavy atom. The lowest BCUT2D eigenvalue weighted by Crippen LogP contribution is -2.38. The van der Waals surface area contributed by atoms with E-state index in [1.807, 2.05) is 0 Å². The molecule has 0 spiro atoms. The van der Waals surface area contributed by atoms with Gasteiger partial charge in [0.1, 0.15) is 6.10 Å². The van der Waals surface area contributed by atoms with Crippen LogP contribution < -0.4 is 5.14 Å². The molecule has 0 unspecified atom stereocenters. The normalized spacial score (nSPS) is 15.3. The first-order chi connectivity index (χ1) is 9.70. The number of carbonyl (C=O) groups excluding carboxylic acids is 1. The van der Waals surface area contributed by atoms with Gasteiger partial charge in [0.15, 0.2) is 0 Å². The quantitative estimate of drug-likeness (QED) is 0.472. The molecule has 1 fully saturated rings. The van der Waals surface area contributed by atoms with E-state index in [1.54, 1.807) is 0 Å². The van der Waals surface area contributed by atoms with Crippen molar-refractivity contribution in [2.24, 2.45) is 5.14 Å². The highest BCUT2D eigenvalue weighted by molar-refractivity contribution is 7.89. The number of nitro benzene ring substituents is 1. The van der Waals surface area contributed by atoms with Crippen molar-refractivity contribution in [3.05, 3.63) is 33.4 Å². The lowest BCUT2D eigenvalue weighted by molar-refractivity contribution is -0.385. The summed E-state index contributed by atoms with van der Waals surface area (Å²) in [5.74, 6) is -0.852. The number of primary sulfonamides is 1. The molecule has 1 saturated heterocycles. The summed E-state index contributed by atoms with van der Waals surface area (Å²) in [5, 5.41) is 15.9. The molecule has 1 aliphatic rings. The molecule has 1 aromatic rings. The Labute approximate surface area is 119 Å². The van der Waals surface area contributed by atoms with Crippen molar-refractivity contribution in [1.82, 2.24) is 0 Å². The van der Waals surface area contributed by atoms with Gasteiger partial charge in [-0.2, -0.15) is 0 Å². The third kappa shape index (κ3) is 3.17. The number of non-ortho nitro benzene ring substituents is 1. The zero-order valence-electron chi connectivity index (χ0n) is 10.9. The fourth-order valence-electron chi connectivity index (χ4n) is 1.78. The topological polar surface area (TPSA) is 139 Å². The van der Waals surface area contributed by atoms with Crippen LogP contribution in [-0.4, -0.2) is 38.6 Å². The Bertz CT molecular complexity index is 710. The van der Waals surface area contributed by atoms with E-state index in [9.17, 15) is 23.3 Å². The predicted octanol–water partition coefficient (Wildman–Crippen LogP) is 0.106. The second kappa shape index (κ2) is 5.39. The van der Waals surface area contributed by atoms with Gasteiger partial charge in [-0.3, -0.25) is 10.1 Å². The summed E-state index contributed by atoms with van der Waals surface area (Å²) < 4.78 is 32.8. The van der Waals surface area contributed by atoms with E-state index in [1.165, 1.54) is 6.92 Å². The van der Waals surface area contributed by atoms with Crippen molar-refractivity contribution >= 4 is 21.7 Å². The standard InChI is InChI=1S/C11H12N2O7S/c1-6-9(11(14)20-8-4-19-5-8)2-7(13(15)16)3-10(6)21(12,17)18/h2-3,8H,4-5H2,1H3,(H2,12,17,18). The van der Waals surface area contributed by atoms with E-state index in [4.69, 9.17) is 14.6 Å². The summed E-state index contributed by atoms with van der Waals surface area (Å²) in [4.78, 5) is 21.6. The molecule has 10 heteroatoms. The third-order valence-electron chi connectivity index (χ3n) is 2.96. The van der Waals surface area contributed by atoms with Crippen LogP contribution in [0.15, 0.2) is 17.0 Å². The average molecular weight is 316 g/mol. The van der Waals surface area contributed by atoms with E-state index >= 15 is 0 Å². The molecule has 2 rings (SSSR count). The van der Waals surface area contributed by atoms with E-state index in [2.05, 4.69) is 0 Å². The van der Waals surface area contributed by atoms with E-state index in [0.29, 0.717) is 0 Å². The summed E-state index contributed by atoms with van der Waals surface area (Å²) in [6.07, 6.45) is -0.436. The number of benzene rings is 1. The number of nitro groups is 1. The van der Waals surface area contributed by atoms with Gasteiger partial charge < -0.3 is 9.47 Å². The molecule has 0 saturated carbocycles. The molecule has 1 heterocycles. The summed E-state index contributed by atoms with van der Waals surface area (Å²) in [6, 6.07) is 1.78. The molecular weight excluding hydrogens is 304 g/mol. The van der Waals surface area contributed by atoms with Crippen LogP contribution in [0.4, 0.5) is 5.69 Å².